The molecule has 4 atom stereocenters. The van der Waals surface area contributed by atoms with Gasteiger partial charge in [-0.15, -0.1) is 0 Å². The van der Waals surface area contributed by atoms with E-state index in [2.05, 4.69) is 5.32 Å². The van der Waals surface area contributed by atoms with Gasteiger partial charge in [-0.05, 0) is 31.9 Å². The normalized spacial score (nSPS) is 32.2. The van der Waals surface area contributed by atoms with Crippen molar-refractivity contribution in [2.45, 2.75) is 32.4 Å². The highest BCUT2D eigenvalue weighted by molar-refractivity contribution is 6.09. The zero-order chi connectivity index (χ0) is 17.6. The van der Waals surface area contributed by atoms with Crippen LogP contribution in [-0.2, 0) is 19.1 Å². The Morgan fingerprint density at radius 1 is 1.29 bits per heavy atom. The number of carbonyl (C=O) groups is 3. The number of rotatable bonds is 3. The molecule has 0 spiro atoms. The Kier molecular flexibility index (Phi) is 3.95. The molecule has 2 amide bonds. The molecular formula is C18H22N2O4. The molecule has 1 aromatic carbocycles. The number of imide groups is 1. The second kappa shape index (κ2) is 5.70. The molecule has 1 N–H and O–H groups in total. The number of esters is 1. The zero-order valence-electron chi connectivity index (χ0n) is 14.3. The summed E-state index contributed by atoms with van der Waals surface area (Å²) in [4.78, 5) is 39.3. The minimum absolute atomic E-state index is 0.221. The molecule has 2 heterocycles. The maximum Gasteiger partial charge on any atom is 0.326 e. The lowest BCUT2D eigenvalue weighted by Gasteiger charge is -2.28. The molecular weight excluding hydrogens is 308 g/mol. The van der Waals surface area contributed by atoms with Gasteiger partial charge in [-0.3, -0.25) is 24.6 Å². The Labute approximate surface area is 141 Å². The average molecular weight is 330 g/mol. The number of carbonyl (C=O) groups excluding carboxylic acids is 3. The standard InChI is InChI=1S/C18H22N2O4/c1-5-20-15(21)12-13(16(20)22)18(3,17(23)24-4)19-14(12)11-9-7-6-8-10(11)2/h6-9,12-14,19H,5H2,1-4H3/t12-,13+,14-,18+/m0/s1. The molecule has 1 aromatic rings. The molecule has 3 rings (SSSR count). The third-order valence-corrected chi connectivity index (χ3v) is 5.33. The predicted octanol–water partition coefficient (Wildman–Crippen LogP) is 1.19. The quantitative estimate of drug-likeness (QED) is 0.665. The summed E-state index contributed by atoms with van der Waals surface area (Å²) in [6.45, 7) is 5.68. The molecule has 2 aliphatic rings. The number of fused-ring (bicyclic) bond motifs is 1. The highest BCUT2D eigenvalue weighted by Gasteiger charge is 2.66. The lowest BCUT2D eigenvalue weighted by atomic mass is 9.80. The molecule has 6 nitrogen and oxygen atoms in total. The summed E-state index contributed by atoms with van der Waals surface area (Å²) in [6.07, 6.45) is 0. The van der Waals surface area contributed by atoms with Crippen LogP contribution in [0.1, 0.15) is 31.0 Å². The average Bonchev–Trinajstić information content (AvgIpc) is 3.02. The molecule has 2 saturated heterocycles. The summed E-state index contributed by atoms with van der Waals surface area (Å²) < 4.78 is 4.93. The van der Waals surface area contributed by atoms with Crippen molar-refractivity contribution in [2.75, 3.05) is 13.7 Å². The van der Waals surface area contributed by atoms with Crippen LogP contribution in [0.4, 0.5) is 0 Å². The van der Waals surface area contributed by atoms with E-state index in [0.717, 1.165) is 11.1 Å². The van der Waals surface area contributed by atoms with Crippen molar-refractivity contribution >= 4 is 17.8 Å². The van der Waals surface area contributed by atoms with Gasteiger partial charge in [0.2, 0.25) is 11.8 Å². The molecule has 2 fully saturated rings. The number of methoxy groups -OCH3 is 1. The van der Waals surface area contributed by atoms with Crippen LogP contribution in [0.3, 0.4) is 0 Å². The number of hydrogen-bond acceptors (Lipinski definition) is 5. The Bertz CT molecular complexity index is 717. The molecule has 24 heavy (non-hydrogen) atoms. The number of nitrogens with zero attached hydrogens (tertiary/aromatic N) is 1. The minimum Gasteiger partial charge on any atom is -0.468 e. The number of ether oxygens (including phenoxy) is 1. The van der Waals surface area contributed by atoms with Crippen LogP contribution in [0.25, 0.3) is 0 Å². The van der Waals surface area contributed by atoms with Gasteiger partial charge >= 0.3 is 5.97 Å². The molecule has 6 heteroatoms. The van der Waals surface area contributed by atoms with Crippen LogP contribution < -0.4 is 5.32 Å². The third kappa shape index (κ3) is 2.09. The predicted molar refractivity (Wildman–Crippen MR) is 86.9 cm³/mol. The first-order chi connectivity index (χ1) is 11.4. The lowest BCUT2D eigenvalue weighted by Crippen LogP contribution is -2.53. The summed E-state index contributed by atoms with van der Waals surface area (Å²) in [6, 6.07) is 7.31. The number of amides is 2. The van der Waals surface area contributed by atoms with Gasteiger partial charge in [-0.2, -0.15) is 0 Å². The molecule has 128 valence electrons. The summed E-state index contributed by atoms with van der Waals surface area (Å²) >= 11 is 0. The fourth-order valence-corrected chi connectivity index (χ4v) is 4.11. The number of hydrogen-bond donors (Lipinski definition) is 1. The van der Waals surface area contributed by atoms with Crippen molar-refractivity contribution in [1.82, 2.24) is 10.2 Å². The Morgan fingerprint density at radius 3 is 2.54 bits per heavy atom. The molecule has 0 unspecified atom stereocenters. The topological polar surface area (TPSA) is 75.7 Å². The van der Waals surface area contributed by atoms with E-state index in [1.807, 2.05) is 31.2 Å². The maximum atomic E-state index is 12.8. The van der Waals surface area contributed by atoms with Crippen LogP contribution in [0.15, 0.2) is 24.3 Å². The number of aryl methyl sites for hydroxylation is 1. The van der Waals surface area contributed by atoms with Crippen molar-refractivity contribution in [2.24, 2.45) is 11.8 Å². The van der Waals surface area contributed by atoms with E-state index in [-0.39, 0.29) is 11.8 Å². The number of likely N-dealkylation sites (tertiary alicyclic amines) is 1. The van der Waals surface area contributed by atoms with Gasteiger partial charge in [0.25, 0.3) is 0 Å². The second-order valence-electron chi connectivity index (χ2n) is 6.60. The maximum absolute atomic E-state index is 12.8. The SMILES string of the molecule is CCN1C(=O)[C@@H]2[C@H](c3ccccc3C)N[C@@](C)(C(=O)OC)[C@H]2C1=O. The van der Waals surface area contributed by atoms with E-state index in [9.17, 15) is 14.4 Å². The molecule has 0 bridgehead atoms. The van der Waals surface area contributed by atoms with Gasteiger partial charge in [-0.1, -0.05) is 24.3 Å². The smallest absolute Gasteiger partial charge is 0.326 e. The monoisotopic (exact) mass is 330 g/mol. The van der Waals surface area contributed by atoms with E-state index >= 15 is 0 Å². The van der Waals surface area contributed by atoms with Gasteiger partial charge in [0, 0.05) is 12.6 Å². The van der Waals surface area contributed by atoms with Crippen molar-refractivity contribution in [1.29, 1.82) is 0 Å². The Hall–Kier alpha value is -2.21. The summed E-state index contributed by atoms with van der Waals surface area (Å²) in [5, 5.41) is 3.24. The largest absolute Gasteiger partial charge is 0.468 e. The van der Waals surface area contributed by atoms with Crippen LogP contribution in [-0.4, -0.2) is 41.9 Å². The first kappa shape index (κ1) is 16.6. The van der Waals surface area contributed by atoms with Crippen molar-refractivity contribution in [3.8, 4) is 0 Å². The molecule has 2 aliphatic heterocycles. The highest BCUT2D eigenvalue weighted by Crippen LogP contribution is 2.49. The molecule has 0 radical (unpaired) electrons. The van der Waals surface area contributed by atoms with Crippen molar-refractivity contribution < 1.29 is 19.1 Å². The van der Waals surface area contributed by atoms with Crippen molar-refractivity contribution in [3.05, 3.63) is 35.4 Å². The zero-order valence-corrected chi connectivity index (χ0v) is 14.3. The van der Waals surface area contributed by atoms with Gasteiger partial charge in [0.15, 0.2) is 0 Å². The van der Waals surface area contributed by atoms with E-state index in [0.29, 0.717) is 6.54 Å². The van der Waals surface area contributed by atoms with Crippen molar-refractivity contribution in [3.63, 3.8) is 0 Å². The molecule has 0 aliphatic carbocycles. The van der Waals surface area contributed by atoms with Crippen LogP contribution in [0, 0.1) is 18.8 Å². The first-order valence-corrected chi connectivity index (χ1v) is 8.13. The van der Waals surface area contributed by atoms with Gasteiger partial charge in [0.05, 0.1) is 18.9 Å². The summed E-state index contributed by atoms with van der Waals surface area (Å²) in [7, 11) is 1.30. The second-order valence-corrected chi connectivity index (χ2v) is 6.60. The fraction of sp³-hybridized carbons (Fsp3) is 0.500. The van der Waals surface area contributed by atoms with Gasteiger partial charge < -0.3 is 4.74 Å². The highest BCUT2D eigenvalue weighted by atomic mass is 16.5. The van der Waals surface area contributed by atoms with E-state index in [4.69, 9.17) is 4.74 Å². The fourth-order valence-electron chi connectivity index (χ4n) is 4.11. The van der Waals surface area contributed by atoms with E-state index in [1.165, 1.54) is 12.0 Å². The molecule has 0 aromatic heterocycles. The number of nitrogens with one attached hydrogen (secondary N) is 1. The first-order valence-electron chi connectivity index (χ1n) is 8.13. The van der Waals surface area contributed by atoms with Gasteiger partial charge in [0.1, 0.15) is 5.54 Å². The minimum atomic E-state index is -1.22. The van der Waals surface area contributed by atoms with Crippen LogP contribution in [0.5, 0.6) is 0 Å². The summed E-state index contributed by atoms with van der Waals surface area (Å²) in [5.41, 5.74) is 0.723. The van der Waals surface area contributed by atoms with E-state index in [1.54, 1.807) is 13.8 Å². The van der Waals surface area contributed by atoms with Gasteiger partial charge in [-0.25, -0.2) is 0 Å². The Balaban J connectivity index is 2.13. The Morgan fingerprint density at radius 2 is 1.96 bits per heavy atom. The lowest BCUT2D eigenvalue weighted by molar-refractivity contribution is -0.153. The van der Waals surface area contributed by atoms with E-state index < -0.39 is 29.4 Å². The van der Waals surface area contributed by atoms with Crippen LogP contribution in [0.2, 0.25) is 0 Å². The number of benzene rings is 1. The summed E-state index contributed by atoms with van der Waals surface area (Å²) in [5.74, 6) is -2.39. The third-order valence-electron chi connectivity index (χ3n) is 5.33. The molecule has 0 saturated carbocycles. The van der Waals surface area contributed by atoms with Crippen LogP contribution >= 0.6 is 0 Å².